The second-order valence-corrected chi connectivity index (χ2v) is 6.77. The first-order valence-corrected chi connectivity index (χ1v) is 7.72. The quantitative estimate of drug-likeness (QED) is 0.824. The van der Waals surface area contributed by atoms with E-state index in [1.807, 2.05) is 6.92 Å². The van der Waals surface area contributed by atoms with Crippen LogP contribution in [0.3, 0.4) is 0 Å². The van der Waals surface area contributed by atoms with Crippen molar-refractivity contribution in [2.24, 2.45) is 0 Å². The van der Waals surface area contributed by atoms with Crippen LogP contribution in [0.5, 0.6) is 0 Å². The summed E-state index contributed by atoms with van der Waals surface area (Å²) in [4.78, 5) is 4.88. The van der Waals surface area contributed by atoms with Crippen LogP contribution in [0.15, 0.2) is 4.42 Å². The van der Waals surface area contributed by atoms with Gasteiger partial charge in [-0.25, -0.2) is 0 Å². The minimum atomic E-state index is 0.0674. The topological polar surface area (TPSA) is 54.6 Å². The molecular formula is C15H28N4O2. The average molecular weight is 296 g/mol. The molecule has 0 radical (unpaired) electrons. The highest BCUT2D eigenvalue weighted by Crippen LogP contribution is 2.17. The van der Waals surface area contributed by atoms with Gasteiger partial charge in [-0.3, -0.25) is 9.80 Å². The van der Waals surface area contributed by atoms with Crippen molar-refractivity contribution in [1.82, 2.24) is 20.0 Å². The van der Waals surface area contributed by atoms with Crippen LogP contribution in [0.1, 0.15) is 39.5 Å². The summed E-state index contributed by atoms with van der Waals surface area (Å²) >= 11 is 0. The van der Waals surface area contributed by atoms with E-state index in [-0.39, 0.29) is 5.54 Å². The van der Waals surface area contributed by atoms with Crippen LogP contribution in [0.2, 0.25) is 0 Å². The van der Waals surface area contributed by atoms with Crippen molar-refractivity contribution in [2.45, 2.75) is 52.7 Å². The van der Waals surface area contributed by atoms with Gasteiger partial charge in [0.2, 0.25) is 11.8 Å². The Morgan fingerprint density at radius 2 is 2.10 bits per heavy atom. The van der Waals surface area contributed by atoms with Crippen molar-refractivity contribution in [3.8, 4) is 0 Å². The molecule has 0 aliphatic carbocycles. The lowest BCUT2D eigenvalue weighted by atomic mass is 10.1. The molecule has 1 aliphatic heterocycles. The summed E-state index contributed by atoms with van der Waals surface area (Å²) in [5.74, 6) is 1.32. The first-order valence-electron chi connectivity index (χ1n) is 7.72. The van der Waals surface area contributed by atoms with Crippen molar-refractivity contribution >= 4 is 0 Å². The summed E-state index contributed by atoms with van der Waals surface area (Å²) in [6, 6.07) is 0.492. The van der Waals surface area contributed by atoms with Gasteiger partial charge >= 0.3 is 0 Å². The van der Waals surface area contributed by atoms with E-state index in [9.17, 15) is 0 Å². The third-order valence-corrected chi connectivity index (χ3v) is 4.01. The molecule has 1 aromatic heterocycles. The second kappa shape index (κ2) is 6.85. The Hall–Kier alpha value is -0.980. The summed E-state index contributed by atoms with van der Waals surface area (Å²) in [5.41, 5.74) is 0.0674. The van der Waals surface area contributed by atoms with Crippen LogP contribution in [-0.2, 0) is 11.3 Å². The fourth-order valence-electron chi connectivity index (χ4n) is 2.56. The van der Waals surface area contributed by atoms with E-state index in [1.165, 1.54) is 0 Å². The molecule has 0 N–H and O–H groups in total. The molecule has 120 valence electrons. The predicted molar refractivity (Wildman–Crippen MR) is 81.1 cm³/mol. The van der Waals surface area contributed by atoms with Crippen LogP contribution in [-0.4, -0.2) is 64.4 Å². The molecule has 0 unspecified atom stereocenters. The Morgan fingerprint density at radius 3 is 2.67 bits per heavy atom. The van der Waals surface area contributed by atoms with Crippen LogP contribution < -0.4 is 0 Å². The van der Waals surface area contributed by atoms with Gasteiger partial charge in [0.05, 0.1) is 19.8 Å². The highest BCUT2D eigenvalue weighted by Gasteiger charge is 2.25. The Labute approximate surface area is 127 Å². The van der Waals surface area contributed by atoms with E-state index in [0.29, 0.717) is 24.4 Å². The zero-order valence-corrected chi connectivity index (χ0v) is 13.9. The largest absolute Gasteiger partial charge is 0.424 e. The highest BCUT2D eigenvalue weighted by molar-refractivity contribution is 4.85. The molecule has 21 heavy (non-hydrogen) atoms. The van der Waals surface area contributed by atoms with E-state index in [2.05, 4.69) is 47.7 Å². The molecule has 0 amide bonds. The molecular weight excluding hydrogens is 268 g/mol. The predicted octanol–water partition coefficient (Wildman–Crippen LogP) is 1.70. The van der Waals surface area contributed by atoms with Crippen LogP contribution in [0.25, 0.3) is 0 Å². The third kappa shape index (κ3) is 4.76. The molecule has 0 saturated carbocycles. The number of morpholine rings is 1. The number of aryl methyl sites for hydroxylation is 1. The van der Waals surface area contributed by atoms with Crippen molar-refractivity contribution in [1.29, 1.82) is 0 Å². The van der Waals surface area contributed by atoms with Gasteiger partial charge in [-0.2, -0.15) is 0 Å². The zero-order chi connectivity index (χ0) is 15.5. The molecule has 6 nitrogen and oxygen atoms in total. The molecule has 1 aliphatic rings. The summed E-state index contributed by atoms with van der Waals surface area (Å²) in [7, 11) is 0. The van der Waals surface area contributed by atoms with Crippen molar-refractivity contribution in [2.75, 3.05) is 32.8 Å². The van der Waals surface area contributed by atoms with Gasteiger partial charge in [0.15, 0.2) is 0 Å². The van der Waals surface area contributed by atoms with Gasteiger partial charge in [0.1, 0.15) is 0 Å². The molecule has 2 heterocycles. The van der Waals surface area contributed by atoms with E-state index < -0.39 is 0 Å². The molecule has 2 rings (SSSR count). The minimum Gasteiger partial charge on any atom is -0.424 e. The van der Waals surface area contributed by atoms with Crippen molar-refractivity contribution in [3.63, 3.8) is 0 Å². The fourth-order valence-corrected chi connectivity index (χ4v) is 2.56. The number of nitrogens with zero attached hydrogens (tertiary/aromatic N) is 4. The molecule has 0 bridgehead atoms. The maximum atomic E-state index is 5.52. The third-order valence-electron chi connectivity index (χ3n) is 4.01. The van der Waals surface area contributed by atoms with Gasteiger partial charge in [0, 0.05) is 38.1 Å². The molecule has 1 aromatic rings. The number of hydrogen-bond donors (Lipinski definition) is 0. The fraction of sp³-hybridized carbons (Fsp3) is 0.867. The number of rotatable bonds is 5. The average Bonchev–Trinajstić information content (AvgIpc) is 2.80. The maximum absolute atomic E-state index is 5.52. The summed E-state index contributed by atoms with van der Waals surface area (Å²) in [6.07, 6.45) is 0. The second-order valence-electron chi connectivity index (χ2n) is 6.77. The van der Waals surface area contributed by atoms with Crippen molar-refractivity contribution < 1.29 is 9.15 Å². The monoisotopic (exact) mass is 296 g/mol. The Morgan fingerprint density at radius 1 is 1.33 bits per heavy atom. The standard InChI is InChI=1S/C15H28N4O2/c1-12-11-20-9-8-18(12)6-7-19(15(3,4)5)10-14-17-16-13(2)21-14/h12H,6-11H2,1-5H3/t12-/m0/s1. The van der Waals surface area contributed by atoms with E-state index >= 15 is 0 Å². The number of ether oxygens (including phenoxy) is 1. The van der Waals surface area contributed by atoms with Gasteiger partial charge in [0.25, 0.3) is 0 Å². The van der Waals surface area contributed by atoms with E-state index in [0.717, 1.165) is 32.8 Å². The van der Waals surface area contributed by atoms with E-state index in [1.54, 1.807) is 0 Å². The zero-order valence-electron chi connectivity index (χ0n) is 13.9. The molecule has 0 aromatic carbocycles. The maximum Gasteiger partial charge on any atom is 0.230 e. The minimum absolute atomic E-state index is 0.0674. The lowest BCUT2D eigenvalue weighted by molar-refractivity contribution is -0.0101. The molecule has 0 spiro atoms. The Balaban J connectivity index is 1.93. The number of aromatic nitrogens is 2. The smallest absolute Gasteiger partial charge is 0.230 e. The first kappa shape index (κ1) is 16.4. The molecule has 6 heteroatoms. The Bertz CT molecular complexity index is 441. The normalized spacial score (nSPS) is 21.1. The lowest BCUT2D eigenvalue weighted by Gasteiger charge is -2.39. The molecule has 1 fully saturated rings. The SMILES string of the molecule is Cc1nnc(CN(CCN2CCOC[C@@H]2C)C(C)(C)C)o1. The van der Waals surface area contributed by atoms with Crippen LogP contribution in [0.4, 0.5) is 0 Å². The molecule has 1 saturated heterocycles. The Kier molecular flexibility index (Phi) is 5.35. The van der Waals surface area contributed by atoms with Gasteiger partial charge in [-0.15, -0.1) is 10.2 Å². The molecule has 1 atom stereocenters. The number of hydrogen-bond acceptors (Lipinski definition) is 6. The summed E-state index contributed by atoms with van der Waals surface area (Å²) in [6.45, 7) is 16.1. The van der Waals surface area contributed by atoms with E-state index in [4.69, 9.17) is 9.15 Å². The van der Waals surface area contributed by atoms with Crippen LogP contribution >= 0.6 is 0 Å². The van der Waals surface area contributed by atoms with Gasteiger partial charge < -0.3 is 9.15 Å². The van der Waals surface area contributed by atoms with Crippen molar-refractivity contribution in [3.05, 3.63) is 11.8 Å². The van der Waals surface area contributed by atoms with Gasteiger partial charge in [-0.05, 0) is 27.7 Å². The van der Waals surface area contributed by atoms with Gasteiger partial charge in [-0.1, -0.05) is 0 Å². The highest BCUT2D eigenvalue weighted by atomic mass is 16.5. The summed E-state index contributed by atoms with van der Waals surface area (Å²) < 4.78 is 11.0. The van der Waals surface area contributed by atoms with Crippen LogP contribution in [0, 0.1) is 6.92 Å². The summed E-state index contributed by atoms with van der Waals surface area (Å²) in [5, 5.41) is 8.03. The lowest BCUT2D eigenvalue weighted by Crippen LogP contribution is -2.50. The first-order chi connectivity index (χ1) is 9.86.